The monoisotopic (exact) mass is 552 g/mol. The summed E-state index contributed by atoms with van der Waals surface area (Å²) in [5.74, 6) is 3.23. The summed E-state index contributed by atoms with van der Waals surface area (Å²) in [6.07, 6.45) is 1.50. The van der Waals surface area contributed by atoms with Crippen molar-refractivity contribution in [3.63, 3.8) is 0 Å². The predicted molar refractivity (Wildman–Crippen MR) is 135 cm³/mol. The molecule has 2 aromatic carbocycles. The molecule has 3 N–H and O–H groups in total. The number of nitrogens with zero attached hydrogens (tertiary/aromatic N) is 3. The van der Waals surface area contributed by atoms with Gasteiger partial charge >= 0.3 is 0 Å². The van der Waals surface area contributed by atoms with Crippen LogP contribution in [0.4, 0.5) is 0 Å². The lowest BCUT2D eigenvalue weighted by atomic mass is 10.1. The van der Waals surface area contributed by atoms with Gasteiger partial charge in [0.2, 0.25) is 5.75 Å². The van der Waals surface area contributed by atoms with Gasteiger partial charge in [-0.3, -0.25) is 5.10 Å². The molecule has 0 aliphatic carbocycles. The van der Waals surface area contributed by atoms with Gasteiger partial charge in [-0.25, -0.2) is 9.98 Å². The number of ether oxygens (including phenoxy) is 3. The molecule has 0 saturated carbocycles. The average Bonchev–Trinajstić information content (AvgIpc) is 3.35. The van der Waals surface area contributed by atoms with Gasteiger partial charge in [0.25, 0.3) is 0 Å². The maximum Gasteiger partial charge on any atom is 0.203 e. The summed E-state index contributed by atoms with van der Waals surface area (Å²) < 4.78 is 16.2. The van der Waals surface area contributed by atoms with Crippen molar-refractivity contribution in [3.8, 4) is 28.6 Å². The summed E-state index contributed by atoms with van der Waals surface area (Å²) in [7, 11) is 4.79. The van der Waals surface area contributed by atoms with E-state index in [0.29, 0.717) is 36.3 Å². The molecule has 10 heteroatoms. The molecule has 32 heavy (non-hydrogen) atoms. The Labute approximate surface area is 205 Å². The van der Waals surface area contributed by atoms with Crippen molar-refractivity contribution in [2.45, 2.75) is 20.0 Å². The number of aliphatic imine (C=N–C) groups is 1. The fourth-order valence-electron chi connectivity index (χ4n) is 3.10. The van der Waals surface area contributed by atoms with E-state index in [1.165, 1.54) is 6.33 Å². The van der Waals surface area contributed by atoms with Crippen LogP contribution in [0.25, 0.3) is 11.4 Å². The molecule has 0 amide bonds. The van der Waals surface area contributed by atoms with Crippen molar-refractivity contribution in [1.82, 2.24) is 25.8 Å². The summed E-state index contributed by atoms with van der Waals surface area (Å²) in [6.45, 7) is 3.84. The van der Waals surface area contributed by atoms with Gasteiger partial charge in [-0.2, -0.15) is 5.10 Å². The molecule has 1 heterocycles. The number of benzene rings is 2. The SMILES string of the molecule is CCNC(=NCc1cc(OC)c(OC)c(OC)c1)NCc1cccc(-c2ncn[nH]2)c1.I. The lowest BCUT2D eigenvalue weighted by Gasteiger charge is -2.14. The zero-order valence-electron chi connectivity index (χ0n) is 18.6. The van der Waals surface area contributed by atoms with Crippen LogP contribution in [-0.4, -0.2) is 49.0 Å². The van der Waals surface area contributed by atoms with Gasteiger partial charge < -0.3 is 24.8 Å². The molecule has 3 rings (SSSR count). The second-order valence-corrected chi connectivity index (χ2v) is 6.62. The third kappa shape index (κ3) is 6.49. The third-order valence-electron chi connectivity index (χ3n) is 4.56. The van der Waals surface area contributed by atoms with E-state index in [1.807, 2.05) is 31.2 Å². The lowest BCUT2D eigenvalue weighted by Crippen LogP contribution is -2.36. The van der Waals surface area contributed by atoms with Crippen LogP contribution in [0.2, 0.25) is 0 Å². The molecule has 9 nitrogen and oxygen atoms in total. The minimum absolute atomic E-state index is 0. The maximum atomic E-state index is 5.42. The van der Waals surface area contributed by atoms with Crippen molar-refractivity contribution in [1.29, 1.82) is 0 Å². The molecule has 0 unspecified atom stereocenters. The number of aromatic amines is 1. The Hall–Kier alpha value is -3.02. The molecule has 1 aromatic heterocycles. The first-order valence-electron chi connectivity index (χ1n) is 9.94. The predicted octanol–water partition coefficient (Wildman–Crippen LogP) is 3.37. The van der Waals surface area contributed by atoms with E-state index in [-0.39, 0.29) is 24.0 Å². The van der Waals surface area contributed by atoms with Gasteiger partial charge in [0.15, 0.2) is 23.3 Å². The van der Waals surface area contributed by atoms with Gasteiger partial charge in [0.05, 0.1) is 27.9 Å². The first-order valence-corrected chi connectivity index (χ1v) is 9.94. The molecular weight excluding hydrogens is 523 g/mol. The van der Waals surface area contributed by atoms with Crippen molar-refractivity contribution >= 4 is 29.9 Å². The zero-order chi connectivity index (χ0) is 22.1. The van der Waals surface area contributed by atoms with Crippen LogP contribution in [0, 0.1) is 0 Å². The summed E-state index contributed by atoms with van der Waals surface area (Å²) >= 11 is 0. The van der Waals surface area contributed by atoms with E-state index in [0.717, 1.165) is 29.1 Å². The quantitative estimate of drug-likeness (QED) is 0.212. The topological polar surface area (TPSA) is 106 Å². The van der Waals surface area contributed by atoms with Gasteiger partial charge in [-0.05, 0) is 36.2 Å². The van der Waals surface area contributed by atoms with Crippen LogP contribution >= 0.6 is 24.0 Å². The lowest BCUT2D eigenvalue weighted by molar-refractivity contribution is 0.324. The Morgan fingerprint density at radius 3 is 2.34 bits per heavy atom. The minimum atomic E-state index is 0. The highest BCUT2D eigenvalue weighted by molar-refractivity contribution is 14.0. The zero-order valence-corrected chi connectivity index (χ0v) is 21.0. The second-order valence-electron chi connectivity index (χ2n) is 6.62. The van der Waals surface area contributed by atoms with E-state index in [4.69, 9.17) is 19.2 Å². The van der Waals surface area contributed by atoms with Crippen LogP contribution in [0.1, 0.15) is 18.1 Å². The highest BCUT2D eigenvalue weighted by Gasteiger charge is 2.13. The molecule has 0 saturated heterocycles. The Kier molecular flexibility index (Phi) is 10.1. The molecule has 3 aromatic rings. The number of rotatable bonds is 9. The van der Waals surface area contributed by atoms with Gasteiger partial charge in [-0.1, -0.05) is 18.2 Å². The number of guanidine groups is 1. The number of aromatic nitrogens is 3. The maximum absolute atomic E-state index is 5.42. The Morgan fingerprint density at radius 1 is 1.00 bits per heavy atom. The first kappa shape index (κ1) is 25.2. The smallest absolute Gasteiger partial charge is 0.203 e. The summed E-state index contributed by atoms with van der Waals surface area (Å²) in [6, 6.07) is 11.9. The number of nitrogens with one attached hydrogen (secondary N) is 3. The van der Waals surface area contributed by atoms with E-state index >= 15 is 0 Å². The van der Waals surface area contributed by atoms with Gasteiger partial charge in [0.1, 0.15) is 6.33 Å². The van der Waals surface area contributed by atoms with Crippen molar-refractivity contribution in [2.75, 3.05) is 27.9 Å². The number of methoxy groups -OCH3 is 3. The van der Waals surface area contributed by atoms with Crippen LogP contribution in [-0.2, 0) is 13.1 Å². The fraction of sp³-hybridized carbons (Fsp3) is 0.318. The molecule has 0 bridgehead atoms. The summed E-state index contributed by atoms with van der Waals surface area (Å²) in [5.41, 5.74) is 3.03. The normalized spacial score (nSPS) is 10.8. The van der Waals surface area contributed by atoms with E-state index in [2.05, 4.69) is 37.9 Å². The molecule has 0 radical (unpaired) electrons. The van der Waals surface area contributed by atoms with Crippen molar-refractivity contribution in [2.24, 2.45) is 4.99 Å². The molecule has 0 aliphatic rings. The van der Waals surface area contributed by atoms with Crippen LogP contribution in [0.5, 0.6) is 17.2 Å². The van der Waals surface area contributed by atoms with Gasteiger partial charge in [-0.15, -0.1) is 24.0 Å². The highest BCUT2D eigenvalue weighted by atomic mass is 127. The average molecular weight is 552 g/mol. The van der Waals surface area contributed by atoms with Crippen LogP contribution in [0.15, 0.2) is 47.7 Å². The highest BCUT2D eigenvalue weighted by Crippen LogP contribution is 2.38. The van der Waals surface area contributed by atoms with E-state index in [9.17, 15) is 0 Å². The first-order chi connectivity index (χ1) is 15.2. The second kappa shape index (κ2) is 12.7. The molecule has 0 fully saturated rings. The number of hydrogen-bond donors (Lipinski definition) is 3. The standard InChI is InChI=1S/C22H28N6O3.HI/c1-5-23-22(24-12-15-7-6-8-17(9-15)21-26-14-27-28-21)25-13-16-10-18(29-2)20(31-4)19(11-16)30-3;/h6-11,14H,5,12-13H2,1-4H3,(H2,23,24,25)(H,26,27,28);1H. The molecule has 172 valence electrons. The minimum Gasteiger partial charge on any atom is -0.493 e. The Balaban J connectivity index is 0.00000363. The Bertz CT molecular complexity index is 986. The van der Waals surface area contributed by atoms with E-state index in [1.54, 1.807) is 21.3 Å². The summed E-state index contributed by atoms with van der Waals surface area (Å²) in [4.78, 5) is 8.89. The van der Waals surface area contributed by atoms with Crippen molar-refractivity contribution in [3.05, 3.63) is 53.9 Å². The number of H-pyrrole nitrogens is 1. The molecule has 0 spiro atoms. The molecule has 0 aliphatic heterocycles. The van der Waals surface area contributed by atoms with Crippen LogP contribution < -0.4 is 24.8 Å². The summed E-state index contributed by atoms with van der Waals surface area (Å²) in [5, 5.41) is 13.4. The van der Waals surface area contributed by atoms with E-state index < -0.39 is 0 Å². The number of hydrogen-bond acceptors (Lipinski definition) is 6. The molecule has 0 atom stereocenters. The Morgan fingerprint density at radius 2 is 1.75 bits per heavy atom. The van der Waals surface area contributed by atoms with Gasteiger partial charge in [0, 0.05) is 18.7 Å². The number of halogens is 1. The largest absolute Gasteiger partial charge is 0.493 e. The van der Waals surface area contributed by atoms with Crippen molar-refractivity contribution < 1.29 is 14.2 Å². The third-order valence-corrected chi connectivity index (χ3v) is 4.56. The fourth-order valence-corrected chi connectivity index (χ4v) is 3.10. The van der Waals surface area contributed by atoms with Crippen LogP contribution in [0.3, 0.4) is 0 Å². The molecular formula is C22H29IN6O3.